The lowest BCUT2D eigenvalue weighted by molar-refractivity contribution is 0.102. The second-order valence-corrected chi connectivity index (χ2v) is 6.31. The average molecular weight is 352 g/mol. The summed E-state index contributed by atoms with van der Waals surface area (Å²) in [5.41, 5.74) is 1.68. The van der Waals surface area contributed by atoms with Gasteiger partial charge in [0.25, 0.3) is 5.91 Å². The highest BCUT2D eigenvalue weighted by Gasteiger charge is 2.18. The van der Waals surface area contributed by atoms with Crippen LogP contribution in [0.4, 0.5) is 5.13 Å². The number of carbonyl (C=O) groups excluding carboxylic acids is 2. The first-order chi connectivity index (χ1) is 12.1. The molecule has 0 saturated carbocycles. The molecule has 0 saturated heterocycles. The summed E-state index contributed by atoms with van der Waals surface area (Å²) in [4.78, 5) is 29.7. The number of methoxy groups -OCH3 is 1. The Labute approximate surface area is 149 Å². The zero-order valence-corrected chi connectivity index (χ0v) is 14.6. The summed E-state index contributed by atoms with van der Waals surface area (Å²) in [5.74, 6) is 0.309. The van der Waals surface area contributed by atoms with Gasteiger partial charge in [-0.3, -0.25) is 14.9 Å². The standard InChI is InChI=1S/C19H16N2O3S/c1-12-17(16(22)13-8-10-15(24-2)11-9-13)25-19(20-12)21-18(23)14-6-4-3-5-7-14/h3-11H,1-2H3,(H,20,21,23). The number of ether oxygens (including phenoxy) is 1. The first-order valence-corrected chi connectivity index (χ1v) is 8.42. The number of ketones is 1. The number of benzene rings is 2. The Balaban J connectivity index is 1.79. The molecule has 3 aromatic rings. The third-order valence-electron chi connectivity index (χ3n) is 3.61. The number of nitrogens with zero attached hydrogens (tertiary/aromatic N) is 1. The van der Waals surface area contributed by atoms with E-state index >= 15 is 0 Å². The fraction of sp³-hybridized carbons (Fsp3) is 0.105. The highest BCUT2D eigenvalue weighted by atomic mass is 32.1. The molecule has 0 aliphatic carbocycles. The number of hydrogen-bond acceptors (Lipinski definition) is 5. The first-order valence-electron chi connectivity index (χ1n) is 7.61. The smallest absolute Gasteiger partial charge is 0.257 e. The molecule has 2 aromatic carbocycles. The van der Waals surface area contributed by atoms with Crippen molar-refractivity contribution in [3.05, 3.63) is 76.3 Å². The highest BCUT2D eigenvalue weighted by molar-refractivity contribution is 7.18. The molecule has 6 heteroatoms. The van der Waals surface area contributed by atoms with Crippen molar-refractivity contribution >= 4 is 28.2 Å². The number of nitrogens with one attached hydrogen (secondary N) is 1. The Hall–Kier alpha value is -2.99. The molecule has 1 aromatic heterocycles. The zero-order chi connectivity index (χ0) is 17.8. The molecule has 0 unspecified atom stereocenters. The molecule has 1 amide bonds. The van der Waals surface area contributed by atoms with Gasteiger partial charge in [0, 0.05) is 11.1 Å². The molecule has 0 radical (unpaired) electrons. The molecule has 5 nitrogen and oxygen atoms in total. The number of carbonyl (C=O) groups is 2. The van der Waals surface area contributed by atoms with Crippen LogP contribution in [0.25, 0.3) is 0 Å². The Morgan fingerprint density at radius 1 is 1.00 bits per heavy atom. The van der Waals surface area contributed by atoms with Crippen molar-refractivity contribution < 1.29 is 14.3 Å². The van der Waals surface area contributed by atoms with Gasteiger partial charge >= 0.3 is 0 Å². The Bertz CT molecular complexity index is 902. The molecule has 1 heterocycles. The number of thiazole rings is 1. The van der Waals surface area contributed by atoms with Crippen LogP contribution in [-0.4, -0.2) is 23.8 Å². The van der Waals surface area contributed by atoms with Crippen LogP contribution in [0.15, 0.2) is 54.6 Å². The van der Waals surface area contributed by atoms with Gasteiger partial charge in [-0.2, -0.15) is 0 Å². The number of anilines is 1. The van der Waals surface area contributed by atoms with Crippen molar-refractivity contribution in [3.8, 4) is 5.75 Å². The second kappa shape index (κ2) is 7.27. The van der Waals surface area contributed by atoms with Gasteiger partial charge in [0.1, 0.15) is 5.75 Å². The summed E-state index contributed by atoms with van der Waals surface area (Å²) in [6, 6.07) is 15.8. The summed E-state index contributed by atoms with van der Waals surface area (Å²) in [5, 5.41) is 3.15. The second-order valence-electron chi connectivity index (χ2n) is 5.31. The molecule has 0 spiro atoms. The summed E-state index contributed by atoms with van der Waals surface area (Å²) in [6.45, 7) is 1.76. The minimum atomic E-state index is -0.252. The first kappa shape index (κ1) is 16.9. The number of aromatic nitrogens is 1. The molecule has 0 fully saturated rings. The Morgan fingerprint density at radius 2 is 1.68 bits per heavy atom. The van der Waals surface area contributed by atoms with Crippen LogP contribution in [0.2, 0.25) is 0 Å². The quantitative estimate of drug-likeness (QED) is 0.706. The highest BCUT2D eigenvalue weighted by Crippen LogP contribution is 2.26. The largest absolute Gasteiger partial charge is 0.497 e. The Kier molecular flexibility index (Phi) is 4.90. The van der Waals surface area contributed by atoms with Gasteiger partial charge in [-0.1, -0.05) is 29.5 Å². The van der Waals surface area contributed by atoms with Crippen molar-refractivity contribution in [2.45, 2.75) is 6.92 Å². The predicted molar refractivity (Wildman–Crippen MR) is 97.7 cm³/mol. The van der Waals surface area contributed by atoms with Gasteiger partial charge in [0.05, 0.1) is 17.7 Å². The predicted octanol–water partition coefficient (Wildman–Crippen LogP) is 3.94. The maximum atomic E-state index is 12.7. The van der Waals surface area contributed by atoms with E-state index in [1.807, 2.05) is 6.07 Å². The van der Waals surface area contributed by atoms with Crippen LogP contribution in [0.3, 0.4) is 0 Å². The maximum absolute atomic E-state index is 12.7. The van der Waals surface area contributed by atoms with E-state index in [4.69, 9.17) is 4.74 Å². The van der Waals surface area contributed by atoms with Gasteiger partial charge in [0.15, 0.2) is 5.13 Å². The molecule has 3 rings (SSSR count). The normalized spacial score (nSPS) is 10.3. The molecule has 1 N–H and O–H groups in total. The van der Waals surface area contributed by atoms with E-state index in [2.05, 4.69) is 10.3 Å². The molecule has 0 bridgehead atoms. The van der Waals surface area contributed by atoms with Gasteiger partial charge in [0.2, 0.25) is 5.78 Å². The topological polar surface area (TPSA) is 68.3 Å². The van der Waals surface area contributed by atoms with Crippen LogP contribution in [-0.2, 0) is 0 Å². The van der Waals surface area contributed by atoms with E-state index in [-0.39, 0.29) is 11.7 Å². The van der Waals surface area contributed by atoms with Crippen molar-refractivity contribution in [3.63, 3.8) is 0 Å². The number of aryl methyl sites for hydroxylation is 1. The number of amides is 1. The maximum Gasteiger partial charge on any atom is 0.257 e. The molecular weight excluding hydrogens is 336 g/mol. The molecule has 126 valence electrons. The summed E-state index contributed by atoms with van der Waals surface area (Å²) < 4.78 is 5.10. The van der Waals surface area contributed by atoms with E-state index in [1.165, 1.54) is 11.3 Å². The third kappa shape index (κ3) is 3.75. The fourth-order valence-corrected chi connectivity index (χ4v) is 3.22. The van der Waals surface area contributed by atoms with Crippen molar-refractivity contribution in [1.82, 2.24) is 4.98 Å². The van der Waals surface area contributed by atoms with E-state index in [9.17, 15) is 9.59 Å². The van der Waals surface area contributed by atoms with E-state index in [0.29, 0.717) is 32.6 Å². The van der Waals surface area contributed by atoms with Gasteiger partial charge in [-0.25, -0.2) is 4.98 Å². The van der Waals surface area contributed by atoms with Crippen LogP contribution < -0.4 is 10.1 Å². The van der Waals surface area contributed by atoms with E-state index in [1.54, 1.807) is 62.6 Å². The summed E-state index contributed by atoms with van der Waals surface area (Å²) in [7, 11) is 1.58. The van der Waals surface area contributed by atoms with Crippen LogP contribution in [0, 0.1) is 6.92 Å². The van der Waals surface area contributed by atoms with Gasteiger partial charge in [-0.15, -0.1) is 0 Å². The minimum Gasteiger partial charge on any atom is -0.497 e. The lowest BCUT2D eigenvalue weighted by atomic mass is 10.1. The van der Waals surface area contributed by atoms with Crippen LogP contribution in [0.5, 0.6) is 5.75 Å². The summed E-state index contributed by atoms with van der Waals surface area (Å²) in [6.07, 6.45) is 0. The van der Waals surface area contributed by atoms with Crippen LogP contribution >= 0.6 is 11.3 Å². The fourth-order valence-electron chi connectivity index (χ4n) is 2.29. The molecule has 0 atom stereocenters. The monoisotopic (exact) mass is 352 g/mol. The lowest BCUT2D eigenvalue weighted by Gasteiger charge is -2.02. The average Bonchev–Trinajstić information content (AvgIpc) is 3.02. The number of rotatable bonds is 5. The number of hydrogen-bond donors (Lipinski definition) is 1. The SMILES string of the molecule is COc1ccc(C(=O)c2sc(NC(=O)c3ccccc3)nc2C)cc1. The van der Waals surface area contributed by atoms with Gasteiger partial charge < -0.3 is 4.74 Å². The molecule has 0 aliphatic heterocycles. The van der Waals surface area contributed by atoms with Crippen molar-refractivity contribution in [2.24, 2.45) is 0 Å². The summed E-state index contributed by atoms with van der Waals surface area (Å²) >= 11 is 1.17. The molecule has 0 aliphatic rings. The van der Waals surface area contributed by atoms with Crippen LogP contribution in [0.1, 0.15) is 31.3 Å². The third-order valence-corrected chi connectivity index (χ3v) is 4.68. The Morgan fingerprint density at radius 3 is 2.32 bits per heavy atom. The minimum absolute atomic E-state index is 0.127. The van der Waals surface area contributed by atoms with Crippen molar-refractivity contribution in [1.29, 1.82) is 0 Å². The molecule has 25 heavy (non-hydrogen) atoms. The van der Waals surface area contributed by atoms with E-state index < -0.39 is 0 Å². The lowest BCUT2D eigenvalue weighted by Crippen LogP contribution is -2.11. The van der Waals surface area contributed by atoms with E-state index in [0.717, 1.165) is 0 Å². The molecular formula is C19H16N2O3S. The van der Waals surface area contributed by atoms with Gasteiger partial charge in [-0.05, 0) is 43.3 Å². The zero-order valence-electron chi connectivity index (χ0n) is 13.8. The van der Waals surface area contributed by atoms with Crippen molar-refractivity contribution in [2.75, 3.05) is 12.4 Å².